The van der Waals surface area contributed by atoms with Crippen molar-refractivity contribution in [2.75, 3.05) is 57.8 Å². The lowest BCUT2D eigenvalue weighted by atomic mass is 9.94. The zero-order chi connectivity index (χ0) is 20.4. The van der Waals surface area contributed by atoms with E-state index in [1.807, 2.05) is 12.3 Å². The molecule has 2 aromatic rings. The molecular formula is C23H33N5O. The standard InChI is InChI=1S/C23H33N5O/c1-17-13-19(25-22(29)16-27-11-9-26(3)10-12-27)15-28(14-17)21-7-6-18(2)23-20(21)5-4-8-24-23/h4-8,17,19H,9-16H2,1-3H3,(H,25,29)/t17-,19+/m0/s1. The van der Waals surface area contributed by atoms with Gasteiger partial charge in [-0.05, 0) is 50.1 Å². The highest BCUT2D eigenvalue weighted by molar-refractivity contribution is 5.93. The third-order valence-corrected chi connectivity index (χ3v) is 6.28. The summed E-state index contributed by atoms with van der Waals surface area (Å²) in [4.78, 5) is 24.3. The van der Waals surface area contributed by atoms with E-state index < -0.39 is 0 Å². The molecule has 0 saturated carbocycles. The van der Waals surface area contributed by atoms with Gasteiger partial charge in [0, 0.05) is 62.6 Å². The number of anilines is 1. The number of likely N-dealkylation sites (N-methyl/N-ethyl adjacent to an activating group) is 1. The van der Waals surface area contributed by atoms with Crippen LogP contribution in [-0.2, 0) is 4.79 Å². The van der Waals surface area contributed by atoms with Gasteiger partial charge in [-0.2, -0.15) is 0 Å². The van der Waals surface area contributed by atoms with E-state index in [1.54, 1.807) is 0 Å². The minimum Gasteiger partial charge on any atom is -0.369 e. The number of piperazine rings is 1. The van der Waals surface area contributed by atoms with Gasteiger partial charge in [-0.25, -0.2) is 0 Å². The second-order valence-electron chi connectivity index (χ2n) is 8.89. The number of hydrogen-bond donors (Lipinski definition) is 1. The molecule has 1 amide bonds. The SMILES string of the molecule is Cc1ccc(N2C[C@@H](C)C[C@@H](NC(=O)CN3CCN(C)CC3)C2)c2cccnc12. The number of amides is 1. The fourth-order valence-corrected chi connectivity index (χ4v) is 4.71. The van der Waals surface area contributed by atoms with E-state index in [0.29, 0.717) is 12.5 Å². The van der Waals surface area contributed by atoms with Crippen LogP contribution in [-0.4, -0.2) is 79.6 Å². The van der Waals surface area contributed by atoms with Crippen LogP contribution in [0.5, 0.6) is 0 Å². The van der Waals surface area contributed by atoms with Crippen molar-refractivity contribution >= 4 is 22.5 Å². The Labute approximate surface area is 173 Å². The topological polar surface area (TPSA) is 51.7 Å². The number of fused-ring (bicyclic) bond motifs is 1. The smallest absolute Gasteiger partial charge is 0.234 e. The number of nitrogens with one attached hydrogen (secondary N) is 1. The Bertz CT molecular complexity index is 861. The summed E-state index contributed by atoms with van der Waals surface area (Å²) in [7, 11) is 2.14. The highest BCUT2D eigenvalue weighted by Gasteiger charge is 2.28. The van der Waals surface area contributed by atoms with E-state index in [4.69, 9.17) is 0 Å². The predicted molar refractivity (Wildman–Crippen MR) is 118 cm³/mol. The van der Waals surface area contributed by atoms with Gasteiger partial charge >= 0.3 is 0 Å². The van der Waals surface area contributed by atoms with E-state index in [-0.39, 0.29) is 11.9 Å². The molecule has 29 heavy (non-hydrogen) atoms. The summed E-state index contributed by atoms with van der Waals surface area (Å²) in [6.07, 6.45) is 2.90. The summed E-state index contributed by atoms with van der Waals surface area (Å²) >= 11 is 0. The van der Waals surface area contributed by atoms with E-state index >= 15 is 0 Å². The van der Waals surface area contributed by atoms with Gasteiger partial charge in [0.25, 0.3) is 0 Å². The monoisotopic (exact) mass is 395 g/mol. The average molecular weight is 396 g/mol. The Morgan fingerprint density at radius 3 is 2.76 bits per heavy atom. The van der Waals surface area contributed by atoms with Crippen molar-refractivity contribution in [2.45, 2.75) is 26.3 Å². The molecule has 6 nitrogen and oxygen atoms in total. The van der Waals surface area contributed by atoms with Crippen LogP contribution >= 0.6 is 0 Å². The average Bonchev–Trinajstić information content (AvgIpc) is 2.70. The lowest BCUT2D eigenvalue weighted by Crippen LogP contribution is -2.53. The first kappa shape index (κ1) is 20.1. The predicted octanol–water partition coefficient (Wildman–Crippen LogP) is 2.12. The molecule has 0 bridgehead atoms. The molecule has 1 aromatic heterocycles. The molecule has 0 unspecified atom stereocenters. The number of aromatic nitrogens is 1. The Morgan fingerprint density at radius 1 is 1.17 bits per heavy atom. The molecule has 2 saturated heterocycles. The molecular weight excluding hydrogens is 362 g/mol. The fraction of sp³-hybridized carbons (Fsp3) is 0.565. The van der Waals surface area contributed by atoms with Crippen molar-refractivity contribution in [1.29, 1.82) is 0 Å². The van der Waals surface area contributed by atoms with Crippen LogP contribution in [0.4, 0.5) is 5.69 Å². The number of carbonyl (C=O) groups is 1. The van der Waals surface area contributed by atoms with Crippen LogP contribution in [0.2, 0.25) is 0 Å². The van der Waals surface area contributed by atoms with Crippen LogP contribution in [0.15, 0.2) is 30.5 Å². The molecule has 1 N–H and O–H groups in total. The molecule has 0 spiro atoms. The van der Waals surface area contributed by atoms with Crippen LogP contribution in [0.3, 0.4) is 0 Å². The van der Waals surface area contributed by atoms with Gasteiger partial charge in [-0.15, -0.1) is 0 Å². The number of rotatable bonds is 4. The molecule has 0 aliphatic carbocycles. The lowest BCUT2D eigenvalue weighted by Gasteiger charge is -2.39. The maximum atomic E-state index is 12.7. The minimum absolute atomic E-state index is 0.157. The molecule has 2 atom stereocenters. The Hall–Kier alpha value is -2.18. The van der Waals surface area contributed by atoms with Crippen molar-refractivity contribution in [1.82, 2.24) is 20.1 Å². The summed E-state index contributed by atoms with van der Waals surface area (Å²) in [5, 5.41) is 4.51. The second-order valence-corrected chi connectivity index (χ2v) is 8.89. The number of hydrogen-bond acceptors (Lipinski definition) is 5. The Balaban J connectivity index is 1.43. The normalized spacial score (nSPS) is 24.0. The van der Waals surface area contributed by atoms with Crippen molar-refractivity contribution in [2.24, 2.45) is 5.92 Å². The third-order valence-electron chi connectivity index (χ3n) is 6.28. The van der Waals surface area contributed by atoms with Crippen molar-refractivity contribution in [3.05, 3.63) is 36.0 Å². The quantitative estimate of drug-likeness (QED) is 0.860. The molecule has 6 heteroatoms. The Kier molecular flexibility index (Phi) is 6.01. The first-order valence-electron chi connectivity index (χ1n) is 10.8. The zero-order valence-corrected chi connectivity index (χ0v) is 17.9. The van der Waals surface area contributed by atoms with Crippen LogP contribution in [0.25, 0.3) is 10.9 Å². The van der Waals surface area contributed by atoms with Crippen molar-refractivity contribution in [3.8, 4) is 0 Å². The summed E-state index contributed by atoms with van der Waals surface area (Å²) in [6, 6.07) is 8.72. The largest absolute Gasteiger partial charge is 0.369 e. The molecule has 3 heterocycles. The number of piperidine rings is 1. The van der Waals surface area contributed by atoms with Crippen LogP contribution in [0.1, 0.15) is 18.9 Å². The molecule has 1 aromatic carbocycles. The van der Waals surface area contributed by atoms with Gasteiger partial charge in [-0.3, -0.25) is 14.7 Å². The molecule has 2 aliphatic heterocycles. The van der Waals surface area contributed by atoms with Gasteiger partial charge in [0.05, 0.1) is 12.1 Å². The summed E-state index contributed by atoms with van der Waals surface area (Å²) in [5.74, 6) is 0.690. The highest BCUT2D eigenvalue weighted by Crippen LogP contribution is 2.31. The molecule has 156 valence electrons. The zero-order valence-electron chi connectivity index (χ0n) is 17.9. The molecule has 2 fully saturated rings. The van der Waals surface area contributed by atoms with E-state index in [9.17, 15) is 4.79 Å². The molecule has 4 rings (SSSR count). The van der Waals surface area contributed by atoms with Gasteiger partial charge < -0.3 is 15.1 Å². The van der Waals surface area contributed by atoms with E-state index in [2.05, 4.69) is 64.1 Å². The number of pyridine rings is 1. The fourth-order valence-electron chi connectivity index (χ4n) is 4.71. The summed E-state index contributed by atoms with van der Waals surface area (Å²) < 4.78 is 0. The number of benzene rings is 1. The van der Waals surface area contributed by atoms with E-state index in [1.165, 1.54) is 16.6 Å². The lowest BCUT2D eigenvalue weighted by molar-refractivity contribution is -0.123. The number of nitrogens with zero attached hydrogens (tertiary/aromatic N) is 4. The summed E-state index contributed by atoms with van der Waals surface area (Å²) in [5.41, 5.74) is 3.49. The van der Waals surface area contributed by atoms with Gasteiger partial charge in [0.15, 0.2) is 0 Å². The first-order valence-corrected chi connectivity index (χ1v) is 10.8. The highest BCUT2D eigenvalue weighted by atomic mass is 16.2. The first-order chi connectivity index (χ1) is 14.0. The Morgan fingerprint density at radius 2 is 1.97 bits per heavy atom. The number of aryl methyl sites for hydroxylation is 1. The summed E-state index contributed by atoms with van der Waals surface area (Å²) in [6.45, 7) is 10.8. The molecule has 2 aliphatic rings. The molecule has 0 radical (unpaired) electrons. The maximum absolute atomic E-state index is 12.7. The van der Waals surface area contributed by atoms with E-state index in [0.717, 1.165) is 51.2 Å². The van der Waals surface area contributed by atoms with Crippen molar-refractivity contribution in [3.63, 3.8) is 0 Å². The van der Waals surface area contributed by atoms with Crippen molar-refractivity contribution < 1.29 is 4.79 Å². The number of carbonyl (C=O) groups excluding carboxylic acids is 1. The van der Waals surface area contributed by atoms with Crippen LogP contribution in [0, 0.1) is 12.8 Å². The second kappa shape index (κ2) is 8.67. The minimum atomic E-state index is 0.157. The van der Waals surface area contributed by atoms with Crippen LogP contribution < -0.4 is 10.2 Å². The van der Waals surface area contributed by atoms with Gasteiger partial charge in [0.2, 0.25) is 5.91 Å². The maximum Gasteiger partial charge on any atom is 0.234 e. The van der Waals surface area contributed by atoms with Gasteiger partial charge in [0.1, 0.15) is 0 Å². The van der Waals surface area contributed by atoms with Gasteiger partial charge in [-0.1, -0.05) is 13.0 Å². The third kappa shape index (κ3) is 4.70.